The summed E-state index contributed by atoms with van der Waals surface area (Å²) in [5.41, 5.74) is 0. The van der Waals surface area contributed by atoms with Crippen LogP contribution in [0.15, 0.2) is 42.5 Å². The zero-order valence-corrected chi connectivity index (χ0v) is 19.3. The predicted molar refractivity (Wildman–Crippen MR) is 129 cm³/mol. The fourth-order valence-electron chi connectivity index (χ4n) is 3.60. The van der Waals surface area contributed by atoms with Gasteiger partial charge in [-0.1, -0.05) is 30.4 Å². The number of hydrogen-bond donors (Lipinski definition) is 2. The second-order valence-corrected chi connectivity index (χ2v) is 11.0. The summed E-state index contributed by atoms with van der Waals surface area (Å²) in [4.78, 5) is 24.0. The van der Waals surface area contributed by atoms with E-state index in [1.165, 1.54) is 26.7 Å². The second kappa shape index (κ2) is 11.9. The summed E-state index contributed by atoms with van der Waals surface area (Å²) >= 11 is 4.88. The summed E-state index contributed by atoms with van der Waals surface area (Å²) in [6, 6.07) is 10.5. The van der Waals surface area contributed by atoms with Crippen LogP contribution in [0.5, 0.6) is 0 Å². The van der Waals surface area contributed by atoms with Crippen molar-refractivity contribution in [1.29, 1.82) is 0 Å². The molecule has 3 atom stereocenters. The summed E-state index contributed by atoms with van der Waals surface area (Å²) in [5, 5.41) is 20.3. The number of aryl methyl sites for hydroxylation is 1. The molecule has 1 aliphatic carbocycles. The number of ketones is 1. The lowest BCUT2D eigenvalue weighted by Gasteiger charge is -2.15. The molecule has 30 heavy (non-hydrogen) atoms. The van der Waals surface area contributed by atoms with Crippen LogP contribution in [0.4, 0.5) is 0 Å². The fourth-order valence-corrected chi connectivity index (χ4v) is 6.88. The van der Waals surface area contributed by atoms with Gasteiger partial charge in [-0.15, -0.1) is 23.1 Å². The molecule has 0 radical (unpaired) electrons. The second-order valence-electron chi connectivity index (χ2n) is 7.50. The molecule has 1 saturated carbocycles. The van der Waals surface area contributed by atoms with Crippen LogP contribution in [0, 0.1) is 5.92 Å². The number of benzene rings is 1. The number of thioether (sulfide) groups is 2. The van der Waals surface area contributed by atoms with Gasteiger partial charge in [-0.3, -0.25) is 9.59 Å². The highest BCUT2D eigenvalue weighted by Crippen LogP contribution is 2.34. The van der Waals surface area contributed by atoms with Gasteiger partial charge in [0.05, 0.1) is 17.1 Å². The maximum absolute atomic E-state index is 12.2. The van der Waals surface area contributed by atoms with Crippen molar-refractivity contribution in [3.05, 3.63) is 47.4 Å². The number of rotatable bonds is 12. The number of carboxylic acids is 1. The molecular formula is C23H28O4S3. The third-order valence-electron chi connectivity index (χ3n) is 5.13. The van der Waals surface area contributed by atoms with E-state index in [0.717, 1.165) is 30.8 Å². The fraction of sp³-hybridized carbons (Fsp3) is 0.478. The van der Waals surface area contributed by atoms with E-state index in [9.17, 15) is 14.7 Å². The van der Waals surface area contributed by atoms with Crippen LogP contribution in [0.3, 0.4) is 0 Å². The highest BCUT2D eigenvalue weighted by molar-refractivity contribution is 8.01. The van der Waals surface area contributed by atoms with Crippen LogP contribution in [0.25, 0.3) is 10.1 Å². The number of aliphatic hydroxyl groups excluding tert-OH is 1. The Kier molecular flexibility index (Phi) is 9.30. The maximum atomic E-state index is 12.2. The Labute approximate surface area is 190 Å². The van der Waals surface area contributed by atoms with Gasteiger partial charge in [-0.25, -0.2) is 0 Å². The van der Waals surface area contributed by atoms with Gasteiger partial charge in [-0.05, 0) is 60.6 Å². The number of aliphatic carboxylic acids is 1. The predicted octanol–water partition coefficient (Wildman–Crippen LogP) is 5.04. The van der Waals surface area contributed by atoms with Crippen LogP contribution in [-0.2, 0) is 16.0 Å². The van der Waals surface area contributed by atoms with E-state index >= 15 is 0 Å². The number of thiophene rings is 1. The van der Waals surface area contributed by atoms with Crippen molar-refractivity contribution in [3.63, 3.8) is 0 Å². The quantitative estimate of drug-likeness (QED) is 0.339. The highest BCUT2D eigenvalue weighted by Gasteiger charge is 2.33. The monoisotopic (exact) mass is 464 g/mol. The molecule has 3 rings (SSSR count). The molecule has 7 heteroatoms. The largest absolute Gasteiger partial charge is 0.481 e. The summed E-state index contributed by atoms with van der Waals surface area (Å²) in [7, 11) is 0. The molecule has 162 valence electrons. The topological polar surface area (TPSA) is 74.6 Å². The molecule has 4 nitrogen and oxygen atoms in total. The Morgan fingerprint density at radius 2 is 2.13 bits per heavy atom. The minimum Gasteiger partial charge on any atom is -0.481 e. The molecule has 1 heterocycles. The number of carbonyl (C=O) groups excluding carboxylic acids is 1. The van der Waals surface area contributed by atoms with Crippen molar-refractivity contribution in [1.82, 2.24) is 0 Å². The molecule has 1 aromatic carbocycles. The first kappa shape index (κ1) is 23.4. The third-order valence-corrected chi connectivity index (χ3v) is 8.83. The SMILES string of the molecule is O=C(O)CSCCCS[C@H]1C(=O)CC[C@H]1C=C[C@H](O)CCc1cc2ccccc2s1. The number of carbonyl (C=O) groups is 2. The van der Waals surface area contributed by atoms with Gasteiger partial charge in [0.25, 0.3) is 0 Å². The molecule has 0 spiro atoms. The Balaban J connectivity index is 1.41. The van der Waals surface area contributed by atoms with E-state index < -0.39 is 12.1 Å². The summed E-state index contributed by atoms with van der Waals surface area (Å²) < 4.78 is 1.28. The van der Waals surface area contributed by atoms with Crippen molar-refractivity contribution in [3.8, 4) is 0 Å². The van der Waals surface area contributed by atoms with Crippen molar-refractivity contribution in [2.75, 3.05) is 17.3 Å². The van der Waals surface area contributed by atoms with Gasteiger partial charge in [0.15, 0.2) is 0 Å². The lowest BCUT2D eigenvalue weighted by atomic mass is 10.0. The van der Waals surface area contributed by atoms with Crippen molar-refractivity contribution < 1.29 is 19.8 Å². The molecule has 1 aromatic heterocycles. The van der Waals surface area contributed by atoms with E-state index in [1.54, 1.807) is 23.1 Å². The highest BCUT2D eigenvalue weighted by atomic mass is 32.2. The van der Waals surface area contributed by atoms with Gasteiger partial charge in [0, 0.05) is 16.0 Å². The molecule has 0 unspecified atom stereocenters. The summed E-state index contributed by atoms with van der Waals surface area (Å²) in [6.45, 7) is 0. The lowest BCUT2D eigenvalue weighted by Crippen LogP contribution is -2.17. The number of allylic oxidation sites excluding steroid dienone is 1. The minimum atomic E-state index is -0.783. The van der Waals surface area contributed by atoms with Gasteiger partial charge in [0.2, 0.25) is 0 Å². The lowest BCUT2D eigenvalue weighted by molar-refractivity contribution is -0.133. The Morgan fingerprint density at radius 1 is 1.30 bits per heavy atom. The first-order chi connectivity index (χ1) is 14.5. The Hall–Kier alpha value is -1.28. The van der Waals surface area contributed by atoms with Crippen molar-refractivity contribution >= 4 is 56.7 Å². The zero-order chi connectivity index (χ0) is 21.3. The zero-order valence-electron chi connectivity index (χ0n) is 16.9. The number of aliphatic hydroxyl groups is 1. The van der Waals surface area contributed by atoms with Crippen LogP contribution >= 0.6 is 34.9 Å². The normalized spacial score (nSPS) is 20.4. The van der Waals surface area contributed by atoms with Gasteiger partial charge in [0.1, 0.15) is 5.78 Å². The molecule has 2 N–H and O–H groups in total. The third kappa shape index (κ3) is 7.15. The molecule has 1 aliphatic rings. The van der Waals surface area contributed by atoms with Gasteiger partial charge < -0.3 is 10.2 Å². The van der Waals surface area contributed by atoms with E-state index in [0.29, 0.717) is 18.6 Å². The van der Waals surface area contributed by atoms with Crippen LogP contribution in [0.2, 0.25) is 0 Å². The van der Waals surface area contributed by atoms with Gasteiger partial charge >= 0.3 is 5.97 Å². The Morgan fingerprint density at radius 3 is 2.93 bits per heavy atom. The smallest absolute Gasteiger partial charge is 0.313 e. The van der Waals surface area contributed by atoms with E-state index in [2.05, 4.69) is 18.2 Å². The molecule has 0 saturated heterocycles. The standard InChI is InChI=1S/C23H28O4S3/c24-18(9-10-19-14-17-4-1-2-5-21(17)30-19)8-6-16-7-11-20(25)23(16)29-13-3-12-28-15-22(26)27/h1-2,4-6,8,14,16,18,23-24H,3,7,9-13,15H2,(H,26,27)/t16-,18+,23-/m1/s1. The van der Waals surface area contributed by atoms with Crippen molar-refractivity contribution in [2.24, 2.45) is 5.92 Å². The van der Waals surface area contributed by atoms with Crippen LogP contribution < -0.4 is 0 Å². The molecule has 0 amide bonds. The van der Waals surface area contributed by atoms with Crippen LogP contribution in [-0.4, -0.2) is 50.6 Å². The average molecular weight is 465 g/mol. The first-order valence-corrected chi connectivity index (χ1v) is 13.3. The first-order valence-electron chi connectivity index (χ1n) is 10.3. The van der Waals surface area contributed by atoms with Gasteiger partial charge in [-0.2, -0.15) is 11.8 Å². The number of Topliss-reactive ketones (excluding diaryl/α,β-unsaturated/α-hetero) is 1. The van der Waals surface area contributed by atoms with E-state index in [1.807, 2.05) is 24.3 Å². The van der Waals surface area contributed by atoms with E-state index in [4.69, 9.17) is 5.11 Å². The average Bonchev–Trinajstić information content (AvgIpc) is 3.30. The number of fused-ring (bicyclic) bond motifs is 1. The maximum Gasteiger partial charge on any atom is 0.313 e. The number of carboxylic acid groups (broad SMARTS) is 1. The molecule has 2 aromatic rings. The minimum absolute atomic E-state index is 0.0273. The Bertz CT molecular complexity index is 843. The van der Waals surface area contributed by atoms with Crippen LogP contribution in [0.1, 0.15) is 30.6 Å². The number of hydrogen-bond acceptors (Lipinski definition) is 6. The summed E-state index contributed by atoms with van der Waals surface area (Å²) in [5.74, 6) is 1.51. The molecule has 0 aliphatic heterocycles. The van der Waals surface area contributed by atoms with E-state index in [-0.39, 0.29) is 16.9 Å². The molecule has 0 bridgehead atoms. The summed E-state index contributed by atoms with van der Waals surface area (Å²) in [6.07, 6.45) is 7.31. The van der Waals surface area contributed by atoms with Crippen molar-refractivity contribution in [2.45, 2.75) is 43.5 Å². The molecular weight excluding hydrogens is 436 g/mol. The molecule has 1 fully saturated rings.